The molecule has 0 aromatic carbocycles. The van der Waals surface area contributed by atoms with E-state index in [4.69, 9.17) is 4.74 Å². The van der Waals surface area contributed by atoms with Crippen molar-refractivity contribution in [2.75, 3.05) is 5.32 Å². The Balaban J connectivity index is 2.07. The van der Waals surface area contributed by atoms with Crippen LogP contribution < -0.4 is 10.1 Å². The number of rotatable bonds is 5. The molecule has 0 aliphatic carbocycles. The van der Waals surface area contributed by atoms with Crippen LogP contribution in [0.4, 0.5) is 19.0 Å². The van der Waals surface area contributed by atoms with Gasteiger partial charge in [-0.2, -0.15) is 18.2 Å². The molecule has 0 saturated heterocycles. The highest BCUT2D eigenvalue weighted by molar-refractivity contribution is 7.10. The standard InChI is InChI=1S/C14H13F3N2O2S/c1-2-4-12(20)18-11-5-3-6-13(19-11)21-9-7-10(22-8-9)14(15,16)17/h3,5-8H,2,4H2,1H3,(H,18,19,20). The first-order chi connectivity index (χ1) is 10.4. The minimum Gasteiger partial charge on any atom is -0.438 e. The second-order valence-corrected chi connectivity index (χ2v) is 5.32. The van der Waals surface area contributed by atoms with Gasteiger partial charge in [-0.1, -0.05) is 13.0 Å². The molecule has 2 aromatic heterocycles. The minimum atomic E-state index is -4.39. The minimum absolute atomic E-state index is 0.0573. The molecule has 0 spiro atoms. The third-order valence-corrected chi connectivity index (χ3v) is 3.50. The van der Waals surface area contributed by atoms with E-state index in [9.17, 15) is 18.0 Å². The summed E-state index contributed by atoms with van der Waals surface area (Å²) in [6.07, 6.45) is -3.32. The molecule has 22 heavy (non-hydrogen) atoms. The molecule has 8 heteroatoms. The molecule has 0 atom stereocenters. The van der Waals surface area contributed by atoms with Gasteiger partial charge in [0.15, 0.2) is 0 Å². The molecule has 2 heterocycles. The summed E-state index contributed by atoms with van der Waals surface area (Å²) in [4.78, 5) is 14.8. The first-order valence-corrected chi connectivity index (χ1v) is 7.37. The van der Waals surface area contributed by atoms with Gasteiger partial charge >= 0.3 is 6.18 Å². The van der Waals surface area contributed by atoms with E-state index < -0.39 is 11.1 Å². The number of carbonyl (C=O) groups excluding carboxylic acids is 1. The average molecular weight is 330 g/mol. The Kier molecular flexibility index (Phi) is 5.02. The van der Waals surface area contributed by atoms with Crippen LogP contribution in [0.2, 0.25) is 0 Å². The van der Waals surface area contributed by atoms with Crippen LogP contribution in [0, 0.1) is 0 Å². The van der Waals surface area contributed by atoms with Gasteiger partial charge < -0.3 is 10.1 Å². The lowest BCUT2D eigenvalue weighted by Crippen LogP contribution is -2.11. The molecule has 1 amide bonds. The molecule has 118 valence electrons. The van der Waals surface area contributed by atoms with Crippen LogP contribution in [0.5, 0.6) is 11.6 Å². The molecule has 0 radical (unpaired) electrons. The predicted molar refractivity (Wildman–Crippen MR) is 77.2 cm³/mol. The number of thiophene rings is 1. The van der Waals surface area contributed by atoms with Crippen molar-refractivity contribution in [2.24, 2.45) is 0 Å². The normalized spacial score (nSPS) is 11.3. The average Bonchev–Trinajstić information content (AvgIpc) is 2.88. The fraction of sp³-hybridized carbons (Fsp3) is 0.286. The van der Waals surface area contributed by atoms with Gasteiger partial charge in [0.25, 0.3) is 0 Å². The summed E-state index contributed by atoms with van der Waals surface area (Å²) in [5.41, 5.74) is 0. The molecule has 2 rings (SSSR count). The molecule has 0 saturated carbocycles. The maximum absolute atomic E-state index is 12.5. The van der Waals surface area contributed by atoms with E-state index >= 15 is 0 Å². The fourth-order valence-electron chi connectivity index (χ4n) is 1.62. The molecule has 0 aliphatic rings. The van der Waals surface area contributed by atoms with Crippen molar-refractivity contribution in [3.63, 3.8) is 0 Å². The molecule has 0 fully saturated rings. The van der Waals surface area contributed by atoms with Crippen LogP contribution in [-0.2, 0) is 11.0 Å². The lowest BCUT2D eigenvalue weighted by atomic mass is 10.3. The number of ether oxygens (including phenoxy) is 1. The summed E-state index contributed by atoms with van der Waals surface area (Å²) in [7, 11) is 0. The maximum Gasteiger partial charge on any atom is 0.425 e. The van der Waals surface area contributed by atoms with Gasteiger partial charge in [-0.3, -0.25) is 4.79 Å². The number of pyridine rings is 1. The number of carbonyl (C=O) groups is 1. The van der Waals surface area contributed by atoms with Crippen LogP contribution in [-0.4, -0.2) is 10.9 Å². The Morgan fingerprint density at radius 2 is 2.18 bits per heavy atom. The lowest BCUT2D eigenvalue weighted by Gasteiger charge is -2.06. The van der Waals surface area contributed by atoms with Gasteiger partial charge in [0.05, 0.1) is 0 Å². The molecular weight excluding hydrogens is 317 g/mol. The second-order valence-electron chi connectivity index (χ2n) is 4.41. The number of amides is 1. The van der Waals surface area contributed by atoms with Gasteiger partial charge in [0.1, 0.15) is 16.4 Å². The van der Waals surface area contributed by atoms with Crippen molar-refractivity contribution in [2.45, 2.75) is 25.9 Å². The highest BCUT2D eigenvalue weighted by Crippen LogP contribution is 2.37. The van der Waals surface area contributed by atoms with Crippen molar-refractivity contribution in [1.82, 2.24) is 4.98 Å². The van der Waals surface area contributed by atoms with E-state index in [0.29, 0.717) is 30.0 Å². The topological polar surface area (TPSA) is 51.2 Å². The first kappa shape index (κ1) is 16.3. The molecule has 1 N–H and O–H groups in total. The number of nitrogens with one attached hydrogen (secondary N) is 1. The van der Waals surface area contributed by atoms with Gasteiger partial charge in [-0.05, 0) is 12.5 Å². The molecule has 0 aliphatic heterocycles. The highest BCUT2D eigenvalue weighted by Gasteiger charge is 2.32. The Labute approximate surface area is 128 Å². The number of anilines is 1. The molecule has 0 bridgehead atoms. The van der Waals surface area contributed by atoms with Crippen LogP contribution in [0.15, 0.2) is 29.6 Å². The summed E-state index contributed by atoms with van der Waals surface area (Å²) in [5, 5.41) is 3.85. The molecule has 2 aromatic rings. The number of aromatic nitrogens is 1. The van der Waals surface area contributed by atoms with Gasteiger partial charge in [-0.25, -0.2) is 0 Å². The van der Waals surface area contributed by atoms with E-state index in [0.717, 1.165) is 6.07 Å². The van der Waals surface area contributed by atoms with E-state index in [2.05, 4.69) is 10.3 Å². The SMILES string of the molecule is CCCC(=O)Nc1cccc(Oc2csc(C(F)(F)F)c2)n1. The monoisotopic (exact) mass is 330 g/mol. The second kappa shape index (κ2) is 6.78. The number of alkyl halides is 3. The Morgan fingerprint density at radius 1 is 1.41 bits per heavy atom. The lowest BCUT2D eigenvalue weighted by molar-refractivity contribution is -0.134. The van der Waals surface area contributed by atoms with Crippen LogP contribution in [0.25, 0.3) is 0 Å². The van der Waals surface area contributed by atoms with Crippen LogP contribution in [0.1, 0.15) is 24.6 Å². The zero-order chi connectivity index (χ0) is 16.2. The summed E-state index contributed by atoms with van der Waals surface area (Å²) < 4.78 is 42.8. The largest absolute Gasteiger partial charge is 0.438 e. The number of halogens is 3. The van der Waals surface area contributed by atoms with Crippen LogP contribution >= 0.6 is 11.3 Å². The number of hydrogen-bond acceptors (Lipinski definition) is 4. The third kappa shape index (κ3) is 4.45. The fourth-order valence-corrected chi connectivity index (χ4v) is 2.29. The third-order valence-electron chi connectivity index (χ3n) is 2.55. The number of nitrogens with zero attached hydrogens (tertiary/aromatic N) is 1. The van der Waals surface area contributed by atoms with Crippen molar-refractivity contribution in [3.05, 3.63) is 34.5 Å². The van der Waals surface area contributed by atoms with Crippen molar-refractivity contribution in [1.29, 1.82) is 0 Å². The van der Waals surface area contributed by atoms with Crippen LogP contribution in [0.3, 0.4) is 0 Å². The van der Waals surface area contributed by atoms with E-state index in [-0.39, 0.29) is 17.5 Å². The first-order valence-electron chi connectivity index (χ1n) is 6.49. The summed E-state index contributed by atoms with van der Waals surface area (Å²) in [6.45, 7) is 1.88. The van der Waals surface area contributed by atoms with E-state index in [1.165, 1.54) is 11.4 Å². The quantitative estimate of drug-likeness (QED) is 0.865. The van der Waals surface area contributed by atoms with Crippen molar-refractivity contribution in [3.8, 4) is 11.6 Å². The summed E-state index contributed by atoms with van der Waals surface area (Å²) >= 11 is 0.550. The zero-order valence-electron chi connectivity index (χ0n) is 11.6. The summed E-state index contributed by atoms with van der Waals surface area (Å²) in [5.74, 6) is 0.284. The van der Waals surface area contributed by atoms with Crippen molar-refractivity contribution < 1.29 is 22.7 Å². The Hall–Kier alpha value is -2.09. The van der Waals surface area contributed by atoms with E-state index in [1.54, 1.807) is 12.1 Å². The number of hydrogen-bond donors (Lipinski definition) is 1. The Morgan fingerprint density at radius 3 is 2.82 bits per heavy atom. The maximum atomic E-state index is 12.5. The molecule has 0 unspecified atom stereocenters. The highest BCUT2D eigenvalue weighted by atomic mass is 32.1. The Bertz CT molecular complexity index is 656. The van der Waals surface area contributed by atoms with Gasteiger partial charge in [0, 0.05) is 23.9 Å². The molecular formula is C14H13F3N2O2S. The van der Waals surface area contributed by atoms with E-state index in [1.807, 2.05) is 6.92 Å². The zero-order valence-corrected chi connectivity index (χ0v) is 12.4. The predicted octanol–water partition coefficient (Wildman–Crippen LogP) is 4.69. The molecule has 4 nitrogen and oxygen atoms in total. The summed E-state index contributed by atoms with van der Waals surface area (Å²) in [6, 6.07) is 5.59. The smallest absolute Gasteiger partial charge is 0.425 e. The van der Waals surface area contributed by atoms with Crippen molar-refractivity contribution >= 4 is 23.1 Å². The van der Waals surface area contributed by atoms with Gasteiger partial charge in [0.2, 0.25) is 11.8 Å². The van der Waals surface area contributed by atoms with Gasteiger partial charge in [-0.15, -0.1) is 11.3 Å².